The molecule has 1 N–H and O–H groups in total. The van der Waals surface area contributed by atoms with Gasteiger partial charge < -0.3 is 5.41 Å². The third-order valence-electron chi connectivity index (χ3n) is 4.34. The third kappa shape index (κ3) is 3.86. The molecule has 2 nitrogen and oxygen atoms in total. The average molecular weight is 338 g/mol. The summed E-state index contributed by atoms with van der Waals surface area (Å²) in [6.45, 7) is 8.01. The summed E-state index contributed by atoms with van der Waals surface area (Å²) in [5.41, 5.74) is 7.39. The van der Waals surface area contributed by atoms with Gasteiger partial charge in [-0.25, -0.2) is 0 Å². The largest absolute Gasteiger partial charge is 0.305 e. The van der Waals surface area contributed by atoms with Crippen molar-refractivity contribution in [3.8, 4) is 11.1 Å². The number of hydrogen-bond acceptors (Lipinski definition) is 2. The summed E-state index contributed by atoms with van der Waals surface area (Å²) in [4.78, 5) is 4.74. The summed E-state index contributed by atoms with van der Waals surface area (Å²) < 4.78 is 0. The summed E-state index contributed by atoms with van der Waals surface area (Å²) in [5, 5.41) is 7.88. The maximum Gasteiger partial charge on any atom is 0.0639 e. The fraction of sp³-hybridized carbons (Fsp3) is 0.0833. The Morgan fingerprint density at radius 1 is 0.808 bits per heavy atom. The molecule has 0 aromatic heterocycles. The molecule has 26 heavy (non-hydrogen) atoms. The first-order valence-electron chi connectivity index (χ1n) is 8.61. The van der Waals surface area contributed by atoms with Crippen molar-refractivity contribution < 1.29 is 0 Å². The summed E-state index contributed by atoms with van der Waals surface area (Å²) in [7, 11) is 0. The van der Waals surface area contributed by atoms with Gasteiger partial charge in [-0.2, -0.15) is 0 Å². The Bertz CT molecular complexity index is 982. The molecular formula is C24H22N2. The molecule has 0 amide bonds. The second kappa shape index (κ2) is 7.75. The highest BCUT2D eigenvalue weighted by Crippen LogP contribution is 2.30. The summed E-state index contributed by atoms with van der Waals surface area (Å²) >= 11 is 0. The fourth-order valence-electron chi connectivity index (χ4n) is 2.91. The van der Waals surface area contributed by atoms with Crippen LogP contribution in [-0.4, -0.2) is 11.4 Å². The topological polar surface area (TPSA) is 36.2 Å². The maximum atomic E-state index is 7.88. The van der Waals surface area contributed by atoms with E-state index in [1.165, 1.54) is 0 Å². The van der Waals surface area contributed by atoms with Crippen LogP contribution < -0.4 is 0 Å². The normalized spacial score (nSPS) is 11.2. The van der Waals surface area contributed by atoms with Crippen LogP contribution in [-0.2, 0) is 0 Å². The van der Waals surface area contributed by atoms with Crippen molar-refractivity contribution in [1.29, 1.82) is 5.41 Å². The van der Waals surface area contributed by atoms with E-state index in [9.17, 15) is 0 Å². The van der Waals surface area contributed by atoms with Crippen molar-refractivity contribution >= 4 is 17.1 Å². The molecule has 0 unspecified atom stereocenters. The van der Waals surface area contributed by atoms with Crippen molar-refractivity contribution in [2.45, 2.75) is 13.8 Å². The van der Waals surface area contributed by atoms with Gasteiger partial charge in [0.15, 0.2) is 0 Å². The molecular weight excluding hydrogens is 316 g/mol. The quantitative estimate of drug-likeness (QED) is 0.536. The molecule has 3 aromatic rings. The van der Waals surface area contributed by atoms with Crippen LogP contribution in [0, 0.1) is 5.41 Å². The van der Waals surface area contributed by atoms with Crippen molar-refractivity contribution in [3.63, 3.8) is 0 Å². The van der Waals surface area contributed by atoms with Gasteiger partial charge in [-0.05, 0) is 42.2 Å². The zero-order valence-corrected chi connectivity index (χ0v) is 15.2. The van der Waals surface area contributed by atoms with E-state index in [0.29, 0.717) is 5.71 Å². The van der Waals surface area contributed by atoms with E-state index >= 15 is 0 Å². The van der Waals surface area contributed by atoms with Crippen LogP contribution in [0.25, 0.3) is 16.8 Å². The van der Waals surface area contributed by atoms with E-state index in [4.69, 9.17) is 10.4 Å². The van der Waals surface area contributed by atoms with Crippen molar-refractivity contribution in [2.75, 3.05) is 0 Å². The number of aliphatic imine (C=N–C) groups is 1. The lowest BCUT2D eigenvalue weighted by atomic mass is 9.96. The minimum absolute atomic E-state index is 0.557. The Hall–Kier alpha value is -3.26. The van der Waals surface area contributed by atoms with E-state index in [1.807, 2.05) is 73.7 Å². The molecule has 0 heterocycles. The lowest BCUT2D eigenvalue weighted by Crippen LogP contribution is -1.96. The number of nitrogens with one attached hydrogen (secondary N) is 1. The minimum atomic E-state index is 0.557. The van der Waals surface area contributed by atoms with Crippen LogP contribution in [0.4, 0.5) is 0 Å². The highest BCUT2D eigenvalue weighted by Gasteiger charge is 2.09. The van der Waals surface area contributed by atoms with Crippen LogP contribution >= 0.6 is 0 Å². The lowest BCUT2D eigenvalue weighted by Gasteiger charge is -2.12. The smallest absolute Gasteiger partial charge is 0.0639 e. The van der Waals surface area contributed by atoms with E-state index in [2.05, 4.69) is 18.7 Å². The SMILES string of the molecule is C=C(/N=C(\C)c1ccccc1)c1ccccc1-c1cccc(C(C)=N)c1. The molecule has 128 valence electrons. The standard InChI is InChI=1S/C24H22N2/c1-17(25)21-12-9-13-22(16-21)24-15-8-7-14-23(24)19(3)26-18(2)20-10-5-4-6-11-20/h4-16,25H,3H2,1-2H3/b25-17?,26-18+. The molecule has 2 heteroatoms. The summed E-state index contributed by atoms with van der Waals surface area (Å²) in [5.74, 6) is 0. The zero-order valence-electron chi connectivity index (χ0n) is 15.2. The zero-order chi connectivity index (χ0) is 18.5. The Morgan fingerprint density at radius 2 is 1.46 bits per heavy atom. The molecule has 0 fully saturated rings. The van der Waals surface area contributed by atoms with E-state index in [0.717, 1.165) is 39.2 Å². The molecule has 0 radical (unpaired) electrons. The first-order valence-corrected chi connectivity index (χ1v) is 8.61. The fourth-order valence-corrected chi connectivity index (χ4v) is 2.91. The van der Waals surface area contributed by atoms with Gasteiger partial charge in [0.25, 0.3) is 0 Å². The van der Waals surface area contributed by atoms with Crippen LogP contribution in [0.2, 0.25) is 0 Å². The summed E-state index contributed by atoms with van der Waals surface area (Å²) in [6.07, 6.45) is 0. The monoisotopic (exact) mass is 338 g/mol. The minimum Gasteiger partial charge on any atom is -0.305 e. The van der Waals surface area contributed by atoms with Gasteiger partial charge in [0, 0.05) is 17.0 Å². The highest BCUT2D eigenvalue weighted by molar-refractivity contribution is 6.02. The number of rotatable bonds is 5. The molecule has 3 rings (SSSR count). The first kappa shape index (κ1) is 17.6. The predicted octanol–water partition coefficient (Wildman–Crippen LogP) is 6.22. The number of benzene rings is 3. The lowest BCUT2D eigenvalue weighted by molar-refractivity contribution is 1.44. The third-order valence-corrected chi connectivity index (χ3v) is 4.34. The second-order valence-electron chi connectivity index (χ2n) is 6.26. The van der Waals surface area contributed by atoms with Gasteiger partial charge in [0.2, 0.25) is 0 Å². The van der Waals surface area contributed by atoms with Crippen LogP contribution in [0.15, 0.2) is 90.4 Å². The van der Waals surface area contributed by atoms with Gasteiger partial charge in [-0.3, -0.25) is 4.99 Å². The molecule has 0 aliphatic rings. The van der Waals surface area contributed by atoms with E-state index < -0.39 is 0 Å². The van der Waals surface area contributed by atoms with Gasteiger partial charge in [-0.1, -0.05) is 79.4 Å². The molecule has 0 atom stereocenters. The van der Waals surface area contributed by atoms with Crippen molar-refractivity contribution in [2.24, 2.45) is 4.99 Å². The van der Waals surface area contributed by atoms with Gasteiger partial charge >= 0.3 is 0 Å². The molecule has 0 spiro atoms. The van der Waals surface area contributed by atoms with Crippen molar-refractivity contribution in [1.82, 2.24) is 0 Å². The van der Waals surface area contributed by atoms with Crippen molar-refractivity contribution in [3.05, 3.63) is 102 Å². The second-order valence-corrected chi connectivity index (χ2v) is 6.26. The molecule has 0 saturated heterocycles. The first-order chi connectivity index (χ1) is 12.6. The average Bonchev–Trinajstić information content (AvgIpc) is 2.68. The van der Waals surface area contributed by atoms with Crippen LogP contribution in [0.5, 0.6) is 0 Å². The molecule has 0 aliphatic carbocycles. The highest BCUT2D eigenvalue weighted by atomic mass is 14.8. The van der Waals surface area contributed by atoms with Crippen LogP contribution in [0.3, 0.4) is 0 Å². The number of hydrogen-bond donors (Lipinski definition) is 1. The summed E-state index contributed by atoms with van der Waals surface area (Å²) in [6, 6.07) is 26.3. The van der Waals surface area contributed by atoms with E-state index in [1.54, 1.807) is 6.92 Å². The van der Waals surface area contributed by atoms with Gasteiger partial charge in [0.05, 0.1) is 5.70 Å². The van der Waals surface area contributed by atoms with Crippen LogP contribution in [0.1, 0.15) is 30.5 Å². The maximum absolute atomic E-state index is 7.88. The van der Waals surface area contributed by atoms with E-state index in [-0.39, 0.29) is 0 Å². The van der Waals surface area contributed by atoms with Gasteiger partial charge in [0.1, 0.15) is 0 Å². The Labute approximate surface area is 155 Å². The van der Waals surface area contributed by atoms with Gasteiger partial charge in [-0.15, -0.1) is 0 Å². The molecule has 0 aliphatic heterocycles. The molecule has 3 aromatic carbocycles. The molecule has 0 saturated carbocycles. The Balaban J connectivity index is 2.01. The number of nitrogens with zero attached hydrogens (tertiary/aromatic N) is 1. The Morgan fingerprint density at radius 3 is 2.19 bits per heavy atom. The molecule has 0 bridgehead atoms. The predicted molar refractivity (Wildman–Crippen MR) is 112 cm³/mol. The Kier molecular flexibility index (Phi) is 5.23.